The molecule has 0 bridgehead atoms. The monoisotopic (exact) mass is 398 g/mol. The Morgan fingerprint density at radius 2 is 1.83 bits per heavy atom. The summed E-state index contributed by atoms with van der Waals surface area (Å²) < 4.78 is 5.23. The minimum atomic E-state index is -0.211. The number of rotatable bonds is 7. The number of carbonyl (C=O) groups excluding carboxylic acids is 1. The standard InChI is InChI=1S/C24H22N4O2/c1-30-20-8-2-5-17(15-20)10-13-27-24(29)22-16-19(11-14-25-22)28-21-9-3-6-18-7-4-12-26-23(18)21/h2-9,11-12,14-16H,10,13H2,1H3,(H,25,28)(H,27,29). The van der Waals surface area contributed by atoms with E-state index in [2.05, 4.69) is 20.6 Å². The van der Waals surface area contributed by atoms with Crippen LogP contribution in [0.15, 0.2) is 79.1 Å². The Morgan fingerprint density at radius 3 is 2.73 bits per heavy atom. The predicted molar refractivity (Wildman–Crippen MR) is 118 cm³/mol. The van der Waals surface area contributed by atoms with Gasteiger partial charge < -0.3 is 15.4 Å². The number of hydrogen-bond acceptors (Lipinski definition) is 5. The summed E-state index contributed by atoms with van der Waals surface area (Å²) in [5.74, 6) is 0.597. The van der Waals surface area contributed by atoms with Gasteiger partial charge in [0.1, 0.15) is 11.4 Å². The number of carbonyl (C=O) groups is 1. The molecule has 0 radical (unpaired) electrons. The van der Waals surface area contributed by atoms with E-state index in [9.17, 15) is 4.79 Å². The van der Waals surface area contributed by atoms with E-state index in [1.807, 2.05) is 60.7 Å². The number of para-hydroxylation sites is 1. The highest BCUT2D eigenvalue weighted by molar-refractivity contribution is 5.95. The minimum Gasteiger partial charge on any atom is -0.497 e. The molecule has 2 heterocycles. The maximum Gasteiger partial charge on any atom is 0.269 e. The molecule has 150 valence electrons. The lowest BCUT2D eigenvalue weighted by atomic mass is 10.1. The summed E-state index contributed by atoms with van der Waals surface area (Å²) in [4.78, 5) is 21.2. The van der Waals surface area contributed by atoms with Gasteiger partial charge in [0.2, 0.25) is 0 Å². The van der Waals surface area contributed by atoms with Crippen LogP contribution in [0.5, 0.6) is 5.75 Å². The first kappa shape index (κ1) is 19.4. The molecule has 0 aliphatic heterocycles. The molecule has 0 saturated carbocycles. The van der Waals surface area contributed by atoms with Crippen molar-refractivity contribution in [1.29, 1.82) is 0 Å². The average Bonchev–Trinajstić information content (AvgIpc) is 2.79. The molecule has 4 aromatic rings. The van der Waals surface area contributed by atoms with Crippen molar-refractivity contribution in [2.45, 2.75) is 6.42 Å². The van der Waals surface area contributed by atoms with Gasteiger partial charge in [-0.05, 0) is 48.4 Å². The molecule has 1 amide bonds. The summed E-state index contributed by atoms with van der Waals surface area (Å²) in [7, 11) is 1.64. The molecule has 2 aromatic heterocycles. The van der Waals surface area contributed by atoms with Crippen LogP contribution in [0.4, 0.5) is 11.4 Å². The van der Waals surface area contributed by atoms with Gasteiger partial charge in [0.15, 0.2) is 0 Å². The predicted octanol–water partition coefficient (Wildman–Crippen LogP) is 4.35. The van der Waals surface area contributed by atoms with E-state index in [1.165, 1.54) is 0 Å². The molecule has 0 unspecified atom stereocenters. The Balaban J connectivity index is 1.41. The van der Waals surface area contributed by atoms with Crippen molar-refractivity contribution in [3.63, 3.8) is 0 Å². The fourth-order valence-corrected chi connectivity index (χ4v) is 3.23. The van der Waals surface area contributed by atoms with Crippen molar-refractivity contribution in [1.82, 2.24) is 15.3 Å². The zero-order valence-electron chi connectivity index (χ0n) is 16.6. The first-order valence-corrected chi connectivity index (χ1v) is 9.71. The van der Waals surface area contributed by atoms with Gasteiger partial charge in [-0.2, -0.15) is 0 Å². The minimum absolute atomic E-state index is 0.211. The molecule has 0 atom stereocenters. The summed E-state index contributed by atoms with van der Waals surface area (Å²) in [6.45, 7) is 0.512. The van der Waals surface area contributed by atoms with E-state index >= 15 is 0 Å². The van der Waals surface area contributed by atoms with Gasteiger partial charge >= 0.3 is 0 Å². The largest absolute Gasteiger partial charge is 0.497 e. The van der Waals surface area contributed by atoms with Crippen LogP contribution in [-0.2, 0) is 6.42 Å². The van der Waals surface area contributed by atoms with Gasteiger partial charge in [0, 0.05) is 30.0 Å². The number of ether oxygens (including phenoxy) is 1. The number of benzene rings is 2. The quantitative estimate of drug-likeness (QED) is 0.484. The molecule has 2 aromatic carbocycles. The number of aromatic nitrogens is 2. The number of pyridine rings is 2. The number of anilines is 2. The third-order valence-corrected chi connectivity index (χ3v) is 4.74. The molecule has 0 aliphatic rings. The topological polar surface area (TPSA) is 76.1 Å². The number of fused-ring (bicyclic) bond motifs is 1. The van der Waals surface area contributed by atoms with Gasteiger partial charge in [0.25, 0.3) is 5.91 Å². The van der Waals surface area contributed by atoms with E-state index in [4.69, 9.17) is 4.74 Å². The summed E-state index contributed by atoms with van der Waals surface area (Å²) in [5, 5.41) is 7.31. The molecule has 0 fully saturated rings. The molecule has 4 rings (SSSR count). The maximum atomic E-state index is 12.5. The fourth-order valence-electron chi connectivity index (χ4n) is 3.23. The van der Waals surface area contributed by atoms with Crippen molar-refractivity contribution in [3.8, 4) is 5.75 Å². The van der Waals surface area contributed by atoms with Crippen LogP contribution in [0.2, 0.25) is 0 Å². The molecule has 30 heavy (non-hydrogen) atoms. The molecule has 0 spiro atoms. The highest BCUT2D eigenvalue weighted by atomic mass is 16.5. The second-order valence-corrected chi connectivity index (χ2v) is 6.79. The van der Waals surface area contributed by atoms with Gasteiger partial charge in [-0.15, -0.1) is 0 Å². The van der Waals surface area contributed by atoms with Crippen LogP contribution in [-0.4, -0.2) is 29.5 Å². The molecular weight excluding hydrogens is 376 g/mol. The third-order valence-electron chi connectivity index (χ3n) is 4.74. The fraction of sp³-hybridized carbons (Fsp3) is 0.125. The first-order valence-electron chi connectivity index (χ1n) is 9.71. The highest BCUT2D eigenvalue weighted by Gasteiger charge is 2.09. The number of methoxy groups -OCH3 is 1. The second kappa shape index (κ2) is 9.05. The van der Waals surface area contributed by atoms with Gasteiger partial charge in [-0.25, -0.2) is 0 Å². The lowest BCUT2D eigenvalue weighted by Gasteiger charge is -2.10. The van der Waals surface area contributed by atoms with E-state index < -0.39 is 0 Å². The zero-order chi connectivity index (χ0) is 20.8. The zero-order valence-corrected chi connectivity index (χ0v) is 16.6. The highest BCUT2D eigenvalue weighted by Crippen LogP contribution is 2.24. The lowest BCUT2D eigenvalue weighted by Crippen LogP contribution is -2.26. The van der Waals surface area contributed by atoms with E-state index in [0.717, 1.165) is 33.6 Å². The van der Waals surface area contributed by atoms with E-state index in [-0.39, 0.29) is 5.91 Å². The third kappa shape index (κ3) is 4.55. The Bertz CT molecular complexity index is 1170. The van der Waals surface area contributed by atoms with Crippen LogP contribution in [0.1, 0.15) is 16.1 Å². The van der Waals surface area contributed by atoms with Gasteiger partial charge in [0.05, 0.1) is 18.3 Å². The number of amides is 1. The van der Waals surface area contributed by atoms with E-state index in [1.54, 1.807) is 25.6 Å². The van der Waals surface area contributed by atoms with Crippen LogP contribution in [0.3, 0.4) is 0 Å². The van der Waals surface area contributed by atoms with Crippen LogP contribution < -0.4 is 15.4 Å². The average molecular weight is 398 g/mol. The molecule has 2 N–H and O–H groups in total. The summed E-state index contributed by atoms with van der Waals surface area (Å²) >= 11 is 0. The number of nitrogens with zero attached hydrogens (tertiary/aromatic N) is 2. The molecule has 0 aliphatic carbocycles. The smallest absolute Gasteiger partial charge is 0.269 e. The normalized spacial score (nSPS) is 10.6. The van der Waals surface area contributed by atoms with Gasteiger partial charge in [-0.3, -0.25) is 14.8 Å². The summed E-state index contributed by atoms with van der Waals surface area (Å²) in [5.41, 5.74) is 3.99. The second-order valence-electron chi connectivity index (χ2n) is 6.79. The van der Waals surface area contributed by atoms with Crippen molar-refractivity contribution in [2.24, 2.45) is 0 Å². The Labute approximate surface area is 175 Å². The molecule has 6 nitrogen and oxygen atoms in total. The van der Waals surface area contributed by atoms with Crippen molar-refractivity contribution < 1.29 is 9.53 Å². The molecular formula is C24H22N4O2. The van der Waals surface area contributed by atoms with Crippen molar-refractivity contribution in [2.75, 3.05) is 19.0 Å². The first-order chi connectivity index (χ1) is 14.7. The number of nitrogens with one attached hydrogen (secondary N) is 2. The van der Waals surface area contributed by atoms with E-state index in [0.29, 0.717) is 18.7 Å². The Kier molecular flexibility index (Phi) is 5.85. The maximum absolute atomic E-state index is 12.5. The molecule has 6 heteroatoms. The summed E-state index contributed by atoms with van der Waals surface area (Å²) in [6.07, 6.45) is 4.10. The van der Waals surface area contributed by atoms with Crippen molar-refractivity contribution in [3.05, 3.63) is 90.4 Å². The lowest BCUT2D eigenvalue weighted by molar-refractivity contribution is 0.0949. The summed E-state index contributed by atoms with van der Waals surface area (Å²) in [6, 6.07) is 21.3. The van der Waals surface area contributed by atoms with Crippen LogP contribution >= 0.6 is 0 Å². The van der Waals surface area contributed by atoms with Crippen LogP contribution in [0, 0.1) is 0 Å². The van der Waals surface area contributed by atoms with Crippen molar-refractivity contribution >= 4 is 28.2 Å². The molecule has 0 saturated heterocycles. The SMILES string of the molecule is COc1cccc(CCNC(=O)c2cc(Nc3cccc4cccnc34)ccn2)c1. The number of hydrogen-bond donors (Lipinski definition) is 2. The Morgan fingerprint density at radius 1 is 0.967 bits per heavy atom. The van der Waals surface area contributed by atoms with Crippen LogP contribution in [0.25, 0.3) is 10.9 Å². The Hall–Kier alpha value is -3.93. The van der Waals surface area contributed by atoms with Gasteiger partial charge in [-0.1, -0.05) is 30.3 Å².